The van der Waals surface area contributed by atoms with E-state index in [1.165, 1.54) is 11.3 Å². The summed E-state index contributed by atoms with van der Waals surface area (Å²) < 4.78 is 28.9. The quantitative estimate of drug-likeness (QED) is 0.264. The smallest absolute Gasteiger partial charge is 0.216 e. The molecule has 0 unspecified atom stereocenters. The first kappa shape index (κ1) is 29.7. The molecule has 0 spiro atoms. The Balaban J connectivity index is 1.33. The van der Waals surface area contributed by atoms with E-state index in [-0.39, 0.29) is 6.54 Å². The molecule has 1 fully saturated rings. The maximum absolute atomic E-state index is 12.5. The standard InChI is InChI=1S/C31H37Cl2N5O2S/c1-21-6-9-24(10-7-21)37-12-14-38(15-13-37)28-19-29-27(18-26(28)33)35-30(36(29)5)17-23-16-22(8-11-25(23)32)20-34-41(39,40)31(2,3)4/h6-11,16,18-19,34H,12-15,17,20H2,1-5H3. The van der Waals surface area contributed by atoms with Crippen LogP contribution in [0.25, 0.3) is 11.0 Å². The first-order valence-electron chi connectivity index (χ1n) is 13.8. The largest absolute Gasteiger partial charge is 0.368 e. The molecular weight excluding hydrogens is 577 g/mol. The second-order valence-corrected chi connectivity index (χ2v) is 15.1. The van der Waals surface area contributed by atoms with E-state index in [1.807, 2.05) is 31.3 Å². The van der Waals surface area contributed by atoms with Crippen LogP contribution < -0.4 is 14.5 Å². The summed E-state index contributed by atoms with van der Waals surface area (Å²) in [5.41, 5.74) is 7.10. The lowest BCUT2D eigenvalue weighted by molar-refractivity contribution is 0.544. The van der Waals surface area contributed by atoms with Gasteiger partial charge in [0.25, 0.3) is 0 Å². The minimum Gasteiger partial charge on any atom is -0.368 e. The summed E-state index contributed by atoms with van der Waals surface area (Å²) in [7, 11) is -1.45. The molecule has 5 rings (SSSR count). The molecule has 0 amide bonds. The van der Waals surface area contributed by atoms with Crippen LogP contribution in [0.5, 0.6) is 0 Å². The third-order valence-electron chi connectivity index (χ3n) is 7.79. The van der Waals surface area contributed by atoms with Gasteiger partial charge >= 0.3 is 0 Å². The Bertz CT molecular complexity index is 1670. The Morgan fingerprint density at radius 2 is 1.56 bits per heavy atom. The van der Waals surface area contributed by atoms with E-state index < -0.39 is 14.8 Å². The Labute approximate surface area is 253 Å². The van der Waals surface area contributed by atoms with Gasteiger partial charge in [0, 0.05) is 56.9 Å². The van der Waals surface area contributed by atoms with Gasteiger partial charge in [-0.3, -0.25) is 0 Å². The lowest BCUT2D eigenvalue weighted by atomic mass is 10.1. The highest BCUT2D eigenvalue weighted by Gasteiger charge is 2.28. The van der Waals surface area contributed by atoms with Gasteiger partial charge in [0.2, 0.25) is 10.0 Å². The van der Waals surface area contributed by atoms with Crippen LogP contribution in [0.1, 0.15) is 43.3 Å². The van der Waals surface area contributed by atoms with Gasteiger partial charge in [0.1, 0.15) is 5.82 Å². The van der Waals surface area contributed by atoms with Gasteiger partial charge in [-0.05, 0) is 69.2 Å². The summed E-state index contributed by atoms with van der Waals surface area (Å²) in [6.07, 6.45) is 0.506. The summed E-state index contributed by atoms with van der Waals surface area (Å²) in [6, 6.07) is 18.4. The molecule has 0 bridgehead atoms. The zero-order valence-electron chi connectivity index (χ0n) is 24.2. The molecule has 0 atom stereocenters. The fraction of sp³-hybridized carbons (Fsp3) is 0.387. The number of piperazine rings is 1. The van der Waals surface area contributed by atoms with Crippen molar-refractivity contribution >= 4 is 55.6 Å². The molecule has 3 aromatic carbocycles. The molecule has 1 saturated heterocycles. The normalized spacial score (nSPS) is 14.7. The molecule has 1 aromatic heterocycles. The first-order chi connectivity index (χ1) is 19.3. The van der Waals surface area contributed by atoms with Gasteiger partial charge in [0.05, 0.1) is 26.5 Å². The van der Waals surface area contributed by atoms with E-state index >= 15 is 0 Å². The number of aromatic nitrogens is 2. The van der Waals surface area contributed by atoms with Gasteiger partial charge in [0.15, 0.2) is 0 Å². The molecule has 2 heterocycles. The van der Waals surface area contributed by atoms with Crippen molar-refractivity contribution in [2.45, 2.75) is 45.4 Å². The van der Waals surface area contributed by atoms with Crippen LogP contribution in [0.3, 0.4) is 0 Å². The predicted molar refractivity (Wildman–Crippen MR) is 171 cm³/mol. The second kappa shape index (κ2) is 11.5. The molecule has 1 aliphatic rings. The summed E-state index contributed by atoms with van der Waals surface area (Å²) in [5, 5.41) is 1.31. The average Bonchev–Trinajstić information content (AvgIpc) is 3.22. The Hall–Kier alpha value is -2.78. The molecule has 0 aliphatic carbocycles. The van der Waals surface area contributed by atoms with Gasteiger partial charge in [-0.25, -0.2) is 18.1 Å². The number of fused-ring (bicyclic) bond motifs is 1. The van der Waals surface area contributed by atoms with E-state index in [2.05, 4.69) is 56.3 Å². The summed E-state index contributed by atoms with van der Waals surface area (Å²) in [5.74, 6) is 0.853. The predicted octanol–water partition coefficient (Wildman–Crippen LogP) is 6.32. The zero-order valence-corrected chi connectivity index (χ0v) is 26.5. The van der Waals surface area contributed by atoms with E-state index in [4.69, 9.17) is 28.2 Å². The van der Waals surface area contributed by atoms with Crippen molar-refractivity contribution < 1.29 is 8.42 Å². The van der Waals surface area contributed by atoms with Crippen molar-refractivity contribution in [3.8, 4) is 0 Å². The number of aryl methyl sites for hydroxylation is 2. The zero-order chi connectivity index (χ0) is 29.5. The lowest BCUT2D eigenvalue weighted by Gasteiger charge is -2.37. The average molecular weight is 615 g/mol. The van der Waals surface area contributed by atoms with Crippen molar-refractivity contribution in [3.63, 3.8) is 0 Å². The number of hydrogen-bond donors (Lipinski definition) is 1. The van der Waals surface area contributed by atoms with E-state index in [0.717, 1.165) is 59.9 Å². The fourth-order valence-electron chi connectivity index (χ4n) is 5.05. The third-order valence-corrected chi connectivity index (χ3v) is 10.6. The Kier molecular flexibility index (Phi) is 8.32. The van der Waals surface area contributed by atoms with Crippen LogP contribution in [0.2, 0.25) is 10.0 Å². The highest BCUT2D eigenvalue weighted by atomic mass is 35.5. The maximum Gasteiger partial charge on any atom is 0.216 e. The number of anilines is 2. The number of imidazole rings is 1. The number of rotatable bonds is 7. The number of nitrogens with one attached hydrogen (secondary N) is 1. The minimum absolute atomic E-state index is 0.197. The van der Waals surface area contributed by atoms with E-state index in [1.54, 1.807) is 20.8 Å². The number of hydrogen-bond acceptors (Lipinski definition) is 5. The number of sulfonamides is 1. The molecule has 41 heavy (non-hydrogen) atoms. The molecular formula is C31H37Cl2N5O2S. The molecule has 10 heteroatoms. The molecule has 4 aromatic rings. The summed E-state index contributed by atoms with van der Waals surface area (Å²) >= 11 is 13.4. The van der Waals surface area contributed by atoms with Crippen molar-refractivity contribution in [2.75, 3.05) is 36.0 Å². The number of benzene rings is 3. The van der Waals surface area contributed by atoms with Crippen LogP contribution in [-0.2, 0) is 30.0 Å². The van der Waals surface area contributed by atoms with Gasteiger partial charge in [-0.15, -0.1) is 0 Å². The van der Waals surface area contributed by atoms with Crippen molar-refractivity contribution in [1.29, 1.82) is 0 Å². The molecule has 1 aliphatic heterocycles. The first-order valence-corrected chi connectivity index (χ1v) is 16.0. The van der Waals surface area contributed by atoms with Crippen LogP contribution in [0.4, 0.5) is 11.4 Å². The van der Waals surface area contributed by atoms with Crippen LogP contribution in [-0.4, -0.2) is 48.9 Å². The lowest BCUT2D eigenvalue weighted by Crippen LogP contribution is -2.46. The number of nitrogens with zero attached hydrogens (tertiary/aromatic N) is 4. The van der Waals surface area contributed by atoms with E-state index in [9.17, 15) is 8.42 Å². The van der Waals surface area contributed by atoms with Crippen molar-refractivity contribution in [2.24, 2.45) is 7.05 Å². The summed E-state index contributed by atoms with van der Waals surface area (Å²) in [4.78, 5) is 9.64. The molecule has 7 nitrogen and oxygen atoms in total. The molecule has 1 N–H and O–H groups in total. The Morgan fingerprint density at radius 1 is 0.902 bits per heavy atom. The second-order valence-electron chi connectivity index (χ2n) is 11.7. The van der Waals surface area contributed by atoms with Crippen LogP contribution in [0.15, 0.2) is 54.6 Å². The fourth-order valence-corrected chi connectivity index (χ4v) is 6.30. The molecule has 218 valence electrons. The van der Waals surface area contributed by atoms with Gasteiger partial charge in [-0.1, -0.05) is 53.0 Å². The molecule has 0 saturated carbocycles. The third kappa shape index (κ3) is 6.36. The molecule has 0 radical (unpaired) electrons. The highest BCUT2D eigenvalue weighted by molar-refractivity contribution is 7.90. The highest BCUT2D eigenvalue weighted by Crippen LogP contribution is 2.33. The van der Waals surface area contributed by atoms with Crippen LogP contribution >= 0.6 is 23.2 Å². The maximum atomic E-state index is 12.5. The number of halogens is 2. The van der Waals surface area contributed by atoms with Crippen molar-refractivity contribution in [1.82, 2.24) is 14.3 Å². The van der Waals surface area contributed by atoms with Gasteiger partial charge < -0.3 is 14.4 Å². The van der Waals surface area contributed by atoms with Crippen LogP contribution in [0, 0.1) is 6.92 Å². The summed E-state index contributed by atoms with van der Waals surface area (Å²) in [6.45, 7) is 10.9. The topological polar surface area (TPSA) is 70.5 Å². The Morgan fingerprint density at radius 3 is 2.22 bits per heavy atom. The minimum atomic E-state index is -3.46. The van der Waals surface area contributed by atoms with E-state index in [0.29, 0.717) is 16.5 Å². The van der Waals surface area contributed by atoms with Gasteiger partial charge in [-0.2, -0.15) is 0 Å². The monoisotopic (exact) mass is 613 g/mol. The van der Waals surface area contributed by atoms with Crippen molar-refractivity contribution in [3.05, 3.63) is 87.2 Å². The SMILES string of the molecule is Cc1ccc(N2CCN(c3cc4c(cc3Cl)nc(Cc3cc(CNS(=O)(=O)C(C)(C)C)ccc3Cl)n4C)CC2)cc1.